The van der Waals surface area contributed by atoms with Gasteiger partial charge in [-0.2, -0.15) is 0 Å². The van der Waals surface area contributed by atoms with Crippen LogP contribution < -0.4 is 5.73 Å². The smallest absolute Gasteiger partial charge is 0.0471 e. The van der Waals surface area contributed by atoms with E-state index in [-0.39, 0.29) is 0 Å². The number of hydrogen-bond donors (Lipinski definition) is 1. The van der Waals surface area contributed by atoms with Crippen molar-refractivity contribution in [1.29, 1.82) is 0 Å². The lowest BCUT2D eigenvalue weighted by Crippen LogP contribution is -2.20. The van der Waals surface area contributed by atoms with Crippen LogP contribution in [0.25, 0.3) is 0 Å². The Labute approximate surface area is 103 Å². The highest BCUT2D eigenvalue weighted by Crippen LogP contribution is 2.47. The predicted molar refractivity (Wildman–Crippen MR) is 69.2 cm³/mol. The van der Waals surface area contributed by atoms with Gasteiger partial charge in [0, 0.05) is 25.2 Å². The van der Waals surface area contributed by atoms with Gasteiger partial charge in [-0.25, -0.2) is 0 Å². The first-order valence-corrected chi connectivity index (χ1v) is 6.72. The number of rotatable bonds is 3. The molecule has 92 valence electrons. The minimum atomic E-state index is 0.321. The van der Waals surface area contributed by atoms with E-state index in [9.17, 15) is 0 Å². The number of hydrogen-bond acceptors (Lipinski definition) is 2. The minimum Gasteiger partial charge on any atom is -0.381 e. The second kappa shape index (κ2) is 4.43. The molecule has 1 heterocycles. The van der Waals surface area contributed by atoms with Gasteiger partial charge in [0.05, 0.1) is 0 Å². The zero-order valence-electron chi connectivity index (χ0n) is 10.3. The molecule has 0 unspecified atom stereocenters. The van der Waals surface area contributed by atoms with E-state index >= 15 is 0 Å². The quantitative estimate of drug-likeness (QED) is 0.867. The minimum absolute atomic E-state index is 0.321. The van der Waals surface area contributed by atoms with Crippen LogP contribution in [0.15, 0.2) is 24.3 Å². The molecular formula is C15H21NO. The van der Waals surface area contributed by atoms with Crippen molar-refractivity contribution in [3.05, 3.63) is 35.4 Å². The SMILES string of the molecule is NCC1(c2cccc(C3CCOCC3)c2)CC1. The summed E-state index contributed by atoms with van der Waals surface area (Å²) in [6.45, 7) is 2.62. The van der Waals surface area contributed by atoms with Crippen LogP contribution in [0.1, 0.15) is 42.7 Å². The average Bonchev–Trinajstić information content (AvgIpc) is 3.21. The Bertz CT molecular complexity index is 392. The Hall–Kier alpha value is -0.860. The van der Waals surface area contributed by atoms with E-state index in [1.165, 1.54) is 36.8 Å². The molecule has 2 fully saturated rings. The van der Waals surface area contributed by atoms with E-state index in [1.54, 1.807) is 0 Å². The predicted octanol–water partition coefficient (Wildman–Crippen LogP) is 2.57. The molecule has 2 N–H and O–H groups in total. The van der Waals surface area contributed by atoms with Gasteiger partial charge in [-0.1, -0.05) is 24.3 Å². The van der Waals surface area contributed by atoms with Gasteiger partial charge in [-0.3, -0.25) is 0 Å². The highest BCUT2D eigenvalue weighted by atomic mass is 16.5. The summed E-state index contributed by atoms with van der Waals surface area (Å²) in [7, 11) is 0. The van der Waals surface area contributed by atoms with Crippen LogP contribution in [0.3, 0.4) is 0 Å². The largest absolute Gasteiger partial charge is 0.381 e. The number of nitrogens with two attached hydrogens (primary N) is 1. The number of benzene rings is 1. The van der Waals surface area contributed by atoms with Crippen molar-refractivity contribution in [2.45, 2.75) is 37.0 Å². The van der Waals surface area contributed by atoms with E-state index in [4.69, 9.17) is 10.5 Å². The zero-order chi connectivity index (χ0) is 11.7. The zero-order valence-corrected chi connectivity index (χ0v) is 10.3. The Balaban J connectivity index is 1.83. The highest BCUT2D eigenvalue weighted by molar-refractivity contribution is 5.36. The Morgan fingerprint density at radius 3 is 2.65 bits per heavy atom. The molecule has 3 rings (SSSR count). The highest BCUT2D eigenvalue weighted by Gasteiger charge is 2.42. The van der Waals surface area contributed by atoms with Crippen LogP contribution in [-0.2, 0) is 10.2 Å². The molecule has 0 atom stereocenters. The summed E-state index contributed by atoms with van der Waals surface area (Å²) in [4.78, 5) is 0. The Morgan fingerprint density at radius 2 is 2.00 bits per heavy atom. The Morgan fingerprint density at radius 1 is 1.24 bits per heavy atom. The summed E-state index contributed by atoms with van der Waals surface area (Å²) in [5.41, 5.74) is 9.18. The summed E-state index contributed by atoms with van der Waals surface area (Å²) in [5.74, 6) is 0.692. The maximum atomic E-state index is 5.91. The van der Waals surface area contributed by atoms with Crippen molar-refractivity contribution < 1.29 is 4.74 Å². The van der Waals surface area contributed by atoms with Crippen LogP contribution in [0.5, 0.6) is 0 Å². The third-order valence-corrected chi connectivity index (χ3v) is 4.44. The molecule has 1 saturated heterocycles. The van der Waals surface area contributed by atoms with Gasteiger partial charge >= 0.3 is 0 Å². The fourth-order valence-corrected chi connectivity index (χ4v) is 2.91. The van der Waals surface area contributed by atoms with Crippen LogP contribution >= 0.6 is 0 Å². The summed E-state index contributed by atoms with van der Waals surface area (Å²) in [6, 6.07) is 9.13. The summed E-state index contributed by atoms with van der Waals surface area (Å²) < 4.78 is 5.43. The molecule has 1 aliphatic heterocycles. The topological polar surface area (TPSA) is 35.2 Å². The normalized spacial score (nSPS) is 23.6. The molecule has 0 aromatic heterocycles. The molecule has 1 aromatic rings. The van der Waals surface area contributed by atoms with Gasteiger partial charge in [0.25, 0.3) is 0 Å². The maximum absolute atomic E-state index is 5.91. The fourth-order valence-electron chi connectivity index (χ4n) is 2.91. The third-order valence-electron chi connectivity index (χ3n) is 4.44. The molecule has 1 saturated carbocycles. The lowest BCUT2D eigenvalue weighted by atomic mass is 9.87. The van der Waals surface area contributed by atoms with E-state index in [1.807, 2.05) is 0 Å². The molecule has 2 aliphatic rings. The van der Waals surface area contributed by atoms with E-state index < -0.39 is 0 Å². The van der Waals surface area contributed by atoms with Crippen molar-refractivity contribution >= 4 is 0 Å². The van der Waals surface area contributed by atoms with Gasteiger partial charge in [0.1, 0.15) is 0 Å². The standard InChI is InChI=1S/C15H21NO/c16-11-15(6-7-15)14-3-1-2-13(10-14)12-4-8-17-9-5-12/h1-3,10,12H,4-9,11,16H2. The van der Waals surface area contributed by atoms with Gasteiger partial charge in [-0.05, 0) is 42.7 Å². The van der Waals surface area contributed by atoms with E-state index in [0.717, 1.165) is 19.8 Å². The van der Waals surface area contributed by atoms with Crippen molar-refractivity contribution in [2.75, 3.05) is 19.8 Å². The molecule has 1 aromatic carbocycles. The van der Waals surface area contributed by atoms with Gasteiger partial charge in [0.15, 0.2) is 0 Å². The second-order valence-electron chi connectivity index (χ2n) is 5.50. The van der Waals surface area contributed by atoms with Crippen molar-refractivity contribution in [3.63, 3.8) is 0 Å². The van der Waals surface area contributed by atoms with E-state index in [2.05, 4.69) is 24.3 Å². The molecule has 0 spiro atoms. The summed E-state index contributed by atoms with van der Waals surface area (Å²) in [5, 5.41) is 0. The second-order valence-corrected chi connectivity index (χ2v) is 5.50. The third kappa shape index (κ3) is 2.12. The van der Waals surface area contributed by atoms with Crippen molar-refractivity contribution in [1.82, 2.24) is 0 Å². The Kier molecular flexibility index (Phi) is 2.93. The van der Waals surface area contributed by atoms with Crippen molar-refractivity contribution in [2.24, 2.45) is 5.73 Å². The first-order valence-electron chi connectivity index (χ1n) is 6.72. The monoisotopic (exact) mass is 231 g/mol. The molecule has 0 radical (unpaired) electrons. The van der Waals surface area contributed by atoms with Crippen LogP contribution in [0.2, 0.25) is 0 Å². The number of ether oxygens (including phenoxy) is 1. The average molecular weight is 231 g/mol. The van der Waals surface area contributed by atoms with Crippen LogP contribution in [-0.4, -0.2) is 19.8 Å². The maximum Gasteiger partial charge on any atom is 0.0471 e. The van der Waals surface area contributed by atoms with Gasteiger partial charge < -0.3 is 10.5 Å². The molecule has 2 heteroatoms. The van der Waals surface area contributed by atoms with Crippen molar-refractivity contribution in [3.8, 4) is 0 Å². The molecule has 0 bridgehead atoms. The lowest BCUT2D eigenvalue weighted by Gasteiger charge is -2.24. The molecule has 1 aliphatic carbocycles. The molecular weight excluding hydrogens is 210 g/mol. The summed E-state index contributed by atoms with van der Waals surface area (Å²) in [6.07, 6.45) is 4.86. The van der Waals surface area contributed by atoms with Crippen LogP contribution in [0.4, 0.5) is 0 Å². The molecule has 2 nitrogen and oxygen atoms in total. The first kappa shape index (κ1) is 11.2. The molecule has 17 heavy (non-hydrogen) atoms. The molecule has 0 amide bonds. The fraction of sp³-hybridized carbons (Fsp3) is 0.600. The lowest BCUT2D eigenvalue weighted by molar-refractivity contribution is 0.0853. The van der Waals surface area contributed by atoms with Crippen LogP contribution in [0, 0.1) is 0 Å². The van der Waals surface area contributed by atoms with E-state index in [0.29, 0.717) is 11.3 Å². The van der Waals surface area contributed by atoms with Gasteiger partial charge in [0.2, 0.25) is 0 Å². The first-order chi connectivity index (χ1) is 8.34. The van der Waals surface area contributed by atoms with Gasteiger partial charge in [-0.15, -0.1) is 0 Å². The summed E-state index contributed by atoms with van der Waals surface area (Å²) >= 11 is 0.